The largest absolute Gasteiger partial charge is 0.398 e. The van der Waals surface area contributed by atoms with Gasteiger partial charge in [-0.15, -0.1) is 11.3 Å². The third kappa shape index (κ3) is 3.26. The average Bonchev–Trinajstić information content (AvgIpc) is 3.13. The molecule has 0 radical (unpaired) electrons. The van der Waals surface area contributed by atoms with Gasteiger partial charge in [-0.2, -0.15) is 5.10 Å². The summed E-state index contributed by atoms with van der Waals surface area (Å²) in [6, 6.07) is 5.24. The first-order valence-electron chi connectivity index (χ1n) is 6.28. The van der Waals surface area contributed by atoms with Crippen LogP contribution in [0, 0.1) is 6.92 Å². The lowest BCUT2D eigenvalue weighted by atomic mass is 10.1. The lowest BCUT2D eigenvalue weighted by Crippen LogP contribution is -2.14. The van der Waals surface area contributed by atoms with Crippen molar-refractivity contribution in [2.75, 3.05) is 11.1 Å². The number of aromatic amines is 1. The van der Waals surface area contributed by atoms with Gasteiger partial charge in [0.15, 0.2) is 10.3 Å². The fourth-order valence-corrected chi connectivity index (χ4v) is 3.14. The van der Waals surface area contributed by atoms with Gasteiger partial charge in [0.05, 0.1) is 11.3 Å². The highest BCUT2D eigenvalue weighted by Crippen LogP contribution is 2.27. The van der Waals surface area contributed by atoms with Crippen LogP contribution < -0.4 is 11.1 Å². The molecule has 0 saturated heterocycles. The first-order chi connectivity index (χ1) is 10.6. The molecule has 1 amide bonds. The zero-order valence-electron chi connectivity index (χ0n) is 11.5. The summed E-state index contributed by atoms with van der Waals surface area (Å²) in [6.45, 7) is 1.87. The number of thiazole rings is 1. The summed E-state index contributed by atoms with van der Waals surface area (Å²) in [5, 5.41) is 12.4. The van der Waals surface area contributed by atoms with E-state index in [2.05, 4.69) is 25.5 Å². The molecule has 7 nitrogen and oxygen atoms in total. The van der Waals surface area contributed by atoms with Crippen molar-refractivity contribution in [2.45, 2.75) is 17.0 Å². The second kappa shape index (κ2) is 6.16. The van der Waals surface area contributed by atoms with E-state index in [0.717, 1.165) is 10.6 Å². The van der Waals surface area contributed by atoms with Gasteiger partial charge in [-0.25, -0.2) is 9.97 Å². The van der Waals surface area contributed by atoms with Crippen LogP contribution in [0.25, 0.3) is 0 Å². The molecule has 2 heterocycles. The monoisotopic (exact) mass is 332 g/mol. The van der Waals surface area contributed by atoms with Crippen LogP contribution in [0.4, 0.5) is 10.8 Å². The van der Waals surface area contributed by atoms with Gasteiger partial charge in [-0.05, 0) is 25.1 Å². The van der Waals surface area contributed by atoms with Crippen molar-refractivity contribution in [3.05, 3.63) is 41.2 Å². The Kier molecular flexibility index (Phi) is 4.07. The number of aromatic nitrogens is 4. The lowest BCUT2D eigenvalue weighted by molar-refractivity contribution is 0.102. The molecule has 0 spiro atoms. The van der Waals surface area contributed by atoms with Crippen molar-refractivity contribution in [1.82, 2.24) is 20.2 Å². The van der Waals surface area contributed by atoms with Crippen LogP contribution in [-0.4, -0.2) is 26.1 Å². The molecule has 0 fully saturated rings. The number of benzene rings is 1. The number of H-pyrrole nitrogens is 1. The summed E-state index contributed by atoms with van der Waals surface area (Å²) >= 11 is 2.74. The number of nitrogen functional groups attached to an aromatic ring is 1. The molecular formula is C13H12N6OS2. The van der Waals surface area contributed by atoms with Crippen LogP contribution in [0.15, 0.2) is 40.0 Å². The predicted molar refractivity (Wildman–Crippen MR) is 86.2 cm³/mol. The molecular weight excluding hydrogens is 320 g/mol. The van der Waals surface area contributed by atoms with Gasteiger partial charge in [-0.1, -0.05) is 11.8 Å². The van der Waals surface area contributed by atoms with E-state index in [1.807, 2.05) is 18.4 Å². The van der Waals surface area contributed by atoms with Gasteiger partial charge in [0.25, 0.3) is 5.91 Å². The fraction of sp³-hybridized carbons (Fsp3) is 0.0769. The summed E-state index contributed by atoms with van der Waals surface area (Å²) in [4.78, 5) is 21.4. The molecule has 3 aromatic rings. The summed E-state index contributed by atoms with van der Waals surface area (Å²) in [6.07, 6.45) is 1.43. The molecule has 0 unspecified atom stereocenters. The number of hydrogen-bond donors (Lipinski definition) is 3. The highest BCUT2D eigenvalue weighted by molar-refractivity contribution is 7.99. The minimum atomic E-state index is -0.285. The van der Waals surface area contributed by atoms with Crippen LogP contribution in [-0.2, 0) is 0 Å². The van der Waals surface area contributed by atoms with Crippen LogP contribution >= 0.6 is 23.1 Å². The molecule has 3 rings (SSSR count). The minimum Gasteiger partial charge on any atom is -0.398 e. The van der Waals surface area contributed by atoms with Crippen molar-refractivity contribution in [3.63, 3.8) is 0 Å². The number of hydrogen-bond acceptors (Lipinski definition) is 7. The van der Waals surface area contributed by atoms with E-state index in [0.29, 0.717) is 21.5 Å². The van der Waals surface area contributed by atoms with E-state index in [9.17, 15) is 4.79 Å². The molecule has 4 N–H and O–H groups in total. The molecule has 0 saturated carbocycles. The number of amides is 1. The second-order valence-corrected chi connectivity index (χ2v) is 6.31. The van der Waals surface area contributed by atoms with E-state index >= 15 is 0 Å². The van der Waals surface area contributed by atoms with Crippen molar-refractivity contribution >= 4 is 39.8 Å². The summed E-state index contributed by atoms with van der Waals surface area (Å²) in [5.41, 5.74) is 7.57. The summed E-state index contributed by atoms with van der Waals surface area (Å²) in [5.74, 6) is -0.285. The van der Waals surface area contributed by atoms with Crippen LogP contribution in [0.3, 0.4) is 0 Å². The fourth-order valence-electron chi connectivity index (χ4n) is 1.73. The molecule has 0 bridgehead atoms. The van der Waals surface area contributed by atoms with E-state index in [4.69, 9.17) is 5.73 Å². The number of nitrogens with two attached hydrogens (primary N) is 1. The number of nitrogens with zero attached hydrogens (tertiary/aromatic N) is 3. The third-order valence-electron chi connectivity index (χ3n) is 2.72. The smallest absolute Gasteiger partial charge is 0.259 e. The topological polar surface area (TPSA) is 110 Å². The maximum atomic E-state index is 12.3. The average molecular weight is 332 g/mol. The predicted octanol–water partition coefficient (Wildman–Crippen LogP) is 2.56. The first kappa shape index (κ1) is 14.5. The molecule has 0 atom stereocenters. The van der Waals surface area contributed by atoms with Crippen LogP contribution in [0.2, 0.25) is 0 Å². The van der Waals surface area contributed by atoms with Crippen LogP contribution in [0.5, 0.6) is 0 Å². The van der Waals surface area contributed by atoms with Gasteiger partial charge in [-0.3, -0.25) is 15.2 Å². The van der Waals surface area contributed by atoms with E-state index in [1.165, 1.54) is 29.4 Å². The van der Waals surface area contributed by atoms with Gasteiger partial charge < -0.3 is 5.73 Å². The SMILES string of the molecule is Cc1csc(NC(=O)c2cc(Sc3ncn[nH]3)ccc2N)n1. The Bertz CT molecular complexity index is 799. The Labute approximate surface area is 134 Å². The normalized spacial score (nSPS) is 10.6. The van der Waals surface area contributed by atoms with Gasteiger partial charge in [0.1, 0.15) is 6.33 Å². The number of rotatable bonds is 4. The highest BCUT2D eigenvalue weighted by Gasteiger charge is 2.13. The van der Waals surface area contributed by atoms with Crippen LogP contribution in [0.1, 0.15) is 16.1 Å². The zero-order chi connectivity index (χ0) is 15.5. The second-order valence-electron chi connectivity index (χ2n) is 4.39. The molecule has 0 aliphatic rings. The van der Waals surface area contributed by atoms with E-state index < -0.39 is 0 Å². The van der Waals surface area contributed by atoms with Gasteiger partial charge in [0.2, 0.25) is 0 Å². The zero-order valence-corrected chi connectivity index (χ0v) is 13.2. The van der Waals surface area contributed by atoms with Gasteiger partial charge in [0, 0.05) is 16.0 Å². The van der Waals surface area contributed by atoms with Crippen molar-refractivity contribution in [1.29, 1.82) is 0 Å². The van der Waals surface area contributed by atoms with E-state index in [-0.39, 0.29) is 5.91 Å². The number of carbonyl (C=O) groups is 1. The Balaban J connectivity index is 1.81. The third-order valence-corrected chi connectivity index (χ3v) is 4.47. The van der Waals surface area contributed by atoms with Crippen molar-refractivity contribution < 1.29 is 4.79 Å². The van der Waals surface area contributed by atoms with Crippen molar-refractivity contribution in [3.8, 4) is 0 Å². The number of aryl methyl sites for hydroxylation is 1. The molecule has 22 heavy (non-hydrogen) atoms. The number of nitrogens with one attached hydrogen (secondary N) is 2. The Morgan fingerprint density at radius 1 is 1.45 bits per heavy atom. The molecule has 0 aliphatic carbocycles. The quantitative estimate of drug-likeness (QED) is 0.633. The molecule has 9 heteroatoms. The molecule has 2 aromatic heterocycles. The van der Waals surface area contributed by atoms with E-state index in [1.54, 1.807) is 12.1 Å². The Hall–Kier alpha value is -2.39. The number of carbonyl (C=O) groups excluding carboxylic acids is 1. The summed E-state index contributed by atoms with van der Waals surface area (Å²) in [7, 11) is 0. The van der Waals surface area contributed by atoms with Crippen molar-refractivity contribution in [2.24, 2.45) is 0 Å². The highest BCUT2D eigenvalue weighted by atomic mass is 32.2. The minimum absolute atomic E-state index is 0.285. The molecule has 0 aliphatic heterocycles. The summed E-state index contributed by atoms with van der Waals surface area (Å²) < 4.78 is 0. The van der Waals surface area contributed by atoms with Gasteiger partial charge >= 0.3 is 0 Å². The Morgan fingerprint density at radius 2 is 2.32 bits per heavy atom. The maximum absolute atomic E-state index is 12.3. The Morgan fingerprint density at radius 3 is 3.00 bits per heavy atom. The maximum Gasteiger partial charge on any atom is 0.259 e. The molecule has 112 valence electrons. The standard InChI is InChI=1S/C13H12N6OS2/c1-7-5-21-13(17-7)18-11(20)9-4-8(2-3-10(9)14)22-12-15-6-16-19-12/h2-6H,14H2,1H3,(H,15,16,19)(H,17,18,20). The molecule has 1 aromatic carbocycles. The lowest BCUT2D eigenvalue weighted by Gasteiger charge is -2.07. The first-order valence-corrected chi connectivity index (χ1v) is 7.97. The number of anilines is 2.